The van der Waals surface area contributed by atoms with E-state index in [1.807, 2.05) is 18.2 Å². The van der Waals surface area contributed by atoms with Crippen LogP contribution >= 0.6 is 27.5 Å². The van der Waals surface area contributed by atoms with Crippen molar-refractivity contribution in [3.05, 3.63) is 39.5 Å². The normalized spacial score (nSPS) is 10.9. The molecular weight excluding hydrogens is 314 g/mol. The number of benzene rings is 1. The highest BCUT2D eigenvalue weighted by molar-refractivity contribution is 9.10. The lowest BCUT2D eigenvalue weighted by molar-refractivity contribution is 0.818. The van der Waals surface area contributed by atoms with Gasteiger partial charge in [-0.3, -0.25) is 0 Å². The molecule has 0 fully saturated rings. The Morgan fingerprint density at radius 2 is 1.94 bits per heavy atom. The minimum absolute atomic E-state index is 0.306. The van der Waals surface area contributed by atoms with Crippen molar-refractivity contribution in [1.82, 2.24) is 9.97 Å². The van der Waals surface area contributed by atoms with Gasteiger partial charge in [0, 0.05) is 21.8 Å². The highest BCUT2D eigenvalue weighted by atomic mass is 79.9. The van der Waals surface area contributed by atoms with Gasteiger partial charge in [-0.1, -0.05) is 25.4 Å². The smallest absolute Gasteiger partial charge is 0.161 e. The Kier molecular flexibility index (Phi) is 3.88. The van der Waals surface area contributed by atoms with Crippen molar-refractivity contribution < 1.29 is 0 Å². The van der Waals surface area contributed by atoms with Crippen molar-refractivity contribution in [3.8, 4) is 11.4 Å². The molecule has 1 heterocycles. The third-order valence-corrected chi connectivity index (χ3v) is 3.77. The van der Waals surface area contributed by atoms with E-state index in [-0.39, 0.29) is 0 Å². The summed E-state index contributed by atoms with van der Waals surface area (Å²) in [6, 6.07) is 7.41. The van der Waals surface area contributed by atoms with Crippen LogP contribution in [0.15, 0.2) is 28.7 Å². The van der Waals surface area contributed by atoms with Crippen LogP contribution in [0.1, 0.15) is 25.5 Å². The molecule has 5 heteroatoms. The number of anilines is 1. The van der Waals surface area contributed by atoms with E-state index in [9.17, 15) is 0 Å². The fraction of sp³-hybridized carbons (Fsp3) is 0.231. The van der Waals surface area contributed by atoms with Gasteiger partial charge in [-0.05, 0) is 40.0 Å². The van der Waals surface area contributed by atoms with Gasteiger partial charge in [-0.2, -0.15) is 0 Å². The molecule has 0 bridgehead atoms. The Morgan fingerprint density at radius 3 is 2.56 bits per heavy atom. The van der Waals surface area contributed by atoms with E-state index >= 15 is 0 Å². The average Bonchev–Trinajstić information content (AvgIpc) is 2.31. The summed E-state index contributed by atoms with van der Waals surface area (Å²) in [5.74, 6) is 1.39. The van der Waals surface area contributed by atoms with Crippen molar-refractivity contribution in [3.63, 3.8) is 0 Å². The van der Waals surface area contributed by atoms with Crippen molar-refractivity contribution in [2.45, 2.75) is 19.8 Å². The number of hydrogen-bond acceptors (Lipinski definition) is 3. The van der Waals surface area contributed by atoms with Gasteiger partial charge in [0.2, 0.25) is 0 Å². The molecule has 0 aliphatic heterocycles. The standard InChI is InChI=1S/C13H13BrClN3/c1-7(2)11-6-12(16)18-13(17-11)8-3-4-9(14)10(15)5-8/h3-7H,1-2H3,(H2,16,17,18). The number of nitrogens with zero attached hydrogens (tertiary/aromatic N) is 2. The van der Waals surface area contributed by atoms with Crippen molar-refractivity contribution in [2.75, 3.05) is 5.73 Å². The largest absolute Gasteiger partial charge is 0.384 e. The first-order valence-corrected chi connectivity index (χ1v) is 6.74. The monoisotopic (exact) mass is 325 g/mol. The van der Waals surface area contributed by atoms with Crippen LogP contribution in [0.5, 0.6) is 0 Å². The molecular formula is C13H13BrClN3. The zero-order chi connectivity index (χ0) is 13.3. The van der Waals surface area contributed by atoms with E-state index in [0.29, 0.717) is 22.6 Å². The third-order valence-electron chi connectivity index (χ3n) is 2.54. The van der Waals surface area contributed by atoms with E-state index in [1.165, 1.54) is 0 Å². The molecule has 2 rings (SSSR count). The topological polar surface area (TPSA) is 51.8 Å². The molecule has 0 amide bonds. The molecule has 1 aromatic carbocycles. The second-order valence-electron chi connectivity index (χ2n) is 4.32. The molecule has 0 unspecified atom stereocenters. The summed E-state index contributed by atoms with van der Waals surface area (Å²) in [7, 11) is 0. The third kappa shape index (κ3) is 2.82. The summed E-state index contributed by atoms with van der Waals surface area (Å²) >= 11 is 9.43. The minimum Gasteiger partial charge on any atom is -0.384 e. The number of halogens is 2. The van der Waals surface area contributed by atoms with E-state index in [0.717, 1.165) is 15.7 Å². The van der Waals surface area contributed by atoms with Gasteiger partial charge in [-0.25, -0.2) is 9.97 Å². The highest BCUT2D eigenvalue weighted by Gasteiger charge is 2.09. The molecule has 3 nitrogen and oxygen atoms in total. The van der Waals surface area contributed by atoms with Crippen molar-refractivity contribution >= 4 is 33.3 Å². The Bertz CT molecular complexity index is 584. The van der Waals surface area contributed by atoms with Crippen LogP contribution in [0.2, 0.25) is 5.02 Å². The van der Waals surface area contributed by atoms with Crippen LogP contribution in [0, 0.1) is 0 Å². The molecule has 0 saturated heterocycles. The zero-order valence-corrected chi connectivity index (χ0v) is 12.5. The molecule has 0 atom stereocenters. The van der Waals surface area contributed by atoms with Gasteiger partial charge in [0.05, 0.1) is 5.02 Å². The van der Waals surface area contributed by atoms with Crippen molar-refractivity contribution in [2.24, 2.45) is 0 Å². The summed E-state index contributed by atoms with van der Waals surface area (Å²) in [5.41, 5.74) is 7.60. The van der Waals surface area contributed by atoms with Crippen LogP contribution in [0.3, 0.4) is 0 Å². The van der Waals surface area contributed by atoms with Crippen LogP contribution in [0.4, 0.5) is 5.82 Å². The van der Waals surface area contributed by atoms with Gasteiger partial charge >= 0.3 is 0 Å². The van der Waals surface area contributed by atoms with Crippen LogP contribution in [-0.4, -0.2) is 9.97 Å². The van der Waals surface area contributed by atoms with E-state index < -0.39 is 0 Å². The van der Waals surface area contributed by atoms with Gasteiger partial charge in [0.25, 0.3) is 0 Å². The second-order valence-corrected chi connectivity index (χ2v) is 5.59. The second kappa shape index (κ2) is 5.24. The maximum Gasteiger partial charge on any atom is 0.161 e. The molecule has 94 valence electrons. The van der Waals surface area contributed by atoms with Crippen LogP contribution < -0.4 is 5.73 Å². The lowest BCUT2D eigenvalue weighted by atomic mass is 10.1. The summed E-state index contributed by atoms with van der Waals surface area (Å²) in [5, 5.41) is 0.629. The van der Waals surface area contributed by atoms with Gasteiger partial charge in [-0.15, -0.1) is 0 Å². The lowest BCUT2D eigenvalue weighted by Gasteiger charge is -2.09. The van der Waals surface area contributed by atoms with E-state index in [1.54, 1.807) is 6.07 Å². The molecule has 0 spiro atoms. The summed E-state index contributed by atoms with van der Waals surface area (Å²) in [6.07, 6.45) is 0. The summed E-state index contributed by atoms with van der Waals surface area (Å²) in [6.45, 7) is 4.14. The lowest BCUT2D eigenvalue weighted by Crippen LogP contribution is -2.01. The van der Waals surface area contributed by atoms with E-state index in [4.69, 9.17) is 17.3 Å². The molecule has 0 saturated carbocycles. The first kappa shape index (κ1) is 13.3. The quantitative estimate of drug-likeness (QED) is 0.897. The Balaban J connectivity index is 2.53. The molecule has 0 aliphatic rings. The number of hydrogen-bond donors (Lipinski definition) is 1. The first-order chi connectivity index (χ1) is 8.47. The highest BCUT2D eigenvalue weighted by Crippen LogP contribution is 2.28. The molecule has 0 radical (unpaired) electrons. The Hall–Kier alpha value is -1.13. The van der Waals surface area contributed by atoms with E-state index in [2.05, 4.69) is 39.7 Å². The summed E-state index contributed by atoms with van der Waals surface area (Å²) < 4.78 is 0.848. The molecule has 2 N–H and O–H groups in total. The first-order valence-electron chi connectivity index (χ1n) is 5.57. The van der Waals surface area contributed by atoms with Gasteiger partial charge in [0.15, 0.2) is 5.82 Å². The van der Waals surface area contributed by atoms with Crippen molar-refractivity contribution in [1.29, 1.82) is 0 Å². The predicted octanol–water partition coefficient (Wildman–Crippen LogP) is 4.27. The number of nitrogen functional groups attached to an aromatic ring is 1. The van der Waals surface area contributed by atoms with Crippen LogP contribution in [-0.2, 0) is 0 Å². The predicted molar refractivity (Wildman–Crippen MR) is 78.7 cm³/mol. The zero-order valence-electron chi connectivity index (χ0n) is 10.1. The van der Waals surface area contributed by atoms with Gasteiger partial charge < -0.3 is 5.73 Å². The fourth-order valence-corrected chi connectivity index (χ4v) is 1.97. The Labute approximate surface area is 120 Å². The maximum atomic E-state index is 6.07. The van der Waals surface area contributed by atoms with Gasteiger partial charge in [0.1, 0.15) is 5.82 Å². The molecule has 18 heavy (non-hydrogen) atoms. The molecule has 2 aromatic rings. The fourth-order valence-electron chi connectivity index (χ4n) is 1.55. The minimum atomic E-state index is 0.306. The number of nitrogens with two attached hydrogens (primary N) is 1. The molecule has 0 aliphatic carbocycles. The summed E-state index contributed by atoms with van der Waals surface area (Å²) in [4.78, 5) is 8.76. The maximum absolute atomic E-state index is 6.07. The molecule has 1 aromatic heterocycles. The Morgan fingerprint density at radius 1 is 1.22 bits per heavy atom. The van der Waals surface area contributed by atoms with Crippen LogP contribution in [0.25, 0.3) is 11.4 Å². The number of rotatable bonds is 2. The average molecular weight is 327 g/mol. The SMILES string of the molecule is CC(C)c1cc(N)nc(-c2ccc(Br)c(Cl)c2)n1. The number of aromatic nitrogens is 2.